The van der Waals surface area contributed by atoms with Crippen molar-refractivity contribution in [3.8, 4) is 0 Å². The Kier molecular flexibility index (Phi) is 5.59. The molecule has 24 heavy (non-hydrogen) atoms. The first-order chi connectivity index (χ1) is 11.3. The van der Waals surface area contributed by atoms with Gasteiger partial charge in [0, 0.05) is 23.9 Å². The summed E-state index contributed by atoms with van der Waals surface area (Å²) in [6.07, 6.45) is 2.25. The molecule has 1 atom stereocenters. The van der Waals surface area contributed by atoms with Gasteiger partial charge in [-0.25, -0.2) is 4.79 Å². The first kappa shape index (κ1) is 18.0. The molecule has 1 aromatic heterocycles. The monoisotopic (exact) mass is 331 g/mol. The summed E-state index contributed by atoms with van der Waals surface area (Å²) in [6.45, 7) is 8.05. The summed E-state index contributed by atoms with van der Waals surface area (Å²) in [6, 6.07) is 4.92. The summed E-state index contributed by atoms with van der Waals surface area (Å²) in [7, 11) is 0. The fourth-order valence-corrected chi connectivity index (χ4v) is 2.56. The van der Waals surface area contributed by atoms with Crippen LogP contribution >= 0.6 is 0 Å². The zero-order valence-electron chi connectivity index (χ0n) is 14.7. The molecule has 6 heteroatoms. The number of aromatic nitrogens is 2. The number of esters is 1. The fraction of sp³-hybridized carbons (Fsp3) is 0.500. The van der Waals surface area contributed by atoms with Crippen LogP contribution in [-0.4, -0.2) is 34.6 Å². The second kappa shape index (κ2) is 7.47. The van der Waals surface area contributed by atoms with E-state index in [2.05, 4.69) is 15.5 Å². The van der Waals surface area contributed by atoms with Gasteiger partial charge in [-0.05, 0) is 30.5 Å². The van der Waals surface area contributed by atoms with E-state index >= 15 is 0 Å². The zero-order valence-corrected chi connectivity index (χ0v) is 14.7. The summed E-state index contributed by atoms with van der Waals surface area (Å²) in [5.74, 6) is -0.371. The highest BCUT2D eigenvalue weighted by Crippen LogP contribution is 2.22. The summed E-state index contributed by atoms with van der Waals surface area (Å²) in [5, 5.41) is 10.9. The number of aromatic amines is 1. The molecule has 0 aliphatic heterocycles. The van der Waals surface area contributed by atoms with E-state index in [1.165, 1.54) is 0 Å². The normalized spacial score (nSPS) is 12.8. The van der Waals surface area contributed by atoms with Gasteiger partial charge in [-0.2, -0.15) is 5.10 Å². The van der Waals surface area contributed by atoms with Crippen LogP contribution in [-0.2, 0) is 14.3 Å². The molecular formula is C18H25N3O3. The smallest absolute Gasteiger partial charge is 0.329 e. The van der Waals surface area contributed by atoms with Crippen molar-refractivity contribution in [2.24, 2.45) is 5.41 Å². The van der Waals surface area contributed by atoms with Crippen LogP contribution in [0, 0.1) is 5.41 Å². The van der Waals surface area contributed by atoms with Gasteiger partial charge in [-0.15, -0.1) is 0 Å². The first-order valence-corrected chi connectivity index (χ1v) is 8.16. The Bertz CT molecular complexity index is 716. The molecule has 1 unspecified atom stereocenters. The zero-order chi connectivity index (χ0) is 17.7. The van der Waals surface area contributed by atoms with Gasteiger partial charge in [-0.1, -0.05) is 20.8 Å². The molecule has 0 bridgehead atoms. The van der Waals surface area contributed by atoms with Crippen molar-refractivity contribution in [2.45, 2.75) is 46.6 Å². The number of ether oxygens (including phenoxy) is 1. The Morgan fingerprint density at radius 1 is 1.33 bits per heavy atom. The Hall–Kier alpha value is -2.37. The van der Waals surface area contributed by atoms with Gasteiger partial charge in [0.15, 0.2) is 0 Å². The van der Waals surface area contributed by atoms with E-state index in [0.29, 0.717) is 6.42 Å². The van der Waals surface area contributed by atoms with Crippen LogP contribution in [0.3, 0.4) is 0 Å². The van der Waals surface area contributed by atoms with Crippen molar-refractivity contribution >= 4 is 28.3 Å². The largest absolute Gasteiger partial charge is 0.464 e. The van der Waals surface area contributed by atoms with Crippen LogP contribution in [0.4, 0.5) is 5.69 Å². The summed E-state index contributed by atoms with van der Waals surface area (Å²) in [4.78, 5) is 24.5. The van der Waals surface area contributed by atoms with Gasteiger partial charge >= 0.3 is 5.97 Å². The van der Waals surface area contributed by atoms with Crippen LogP contribution in [0.15, 0.2) is 24.4 Å². The second-order valence-corrected chi connectivity index (χ2v) is 7.10. The topological polar surface area (TPSA) is 84.1 Å². The Balaban J connectivity index is 2.12. The number of hydrogen-bond donors (Lipinski definition) is 2. The molecule has 0 saturated carbocycles. The number of ketones is 1. The molecule has 0 aliphatic rings. The van der Waals surface area contributed by atoms with E-state index in [1.54, 1.807) is 13.1 Å². The van der Waals surface area contributed by atoms with E-state index in [1.807, 2.05) is 39.0 Å². The van der Waals surface area contributed by atoms with Gasteiger partial charge in [0.2, 0.25) is 0 Å². The second-order valence-electron chi connectivity index (χ2n) is 7.10. The Morgan fingerprint density at radius 3 is 2.75 bits per heavy atom. The lowest BCUT2D eigenvalue weighted by molar-refractivity contribution is -0.145. The third-order valence-corrected chi connectivity index (χ3v) is 3.51. The number of carbonyl (C=O) groups is 2. The minimum Gasteiger partial charge on any atom is -0.464 e. The number of anilines is 1. The van der Waals surface area contributed by atoms with E-state index < -0.39 is 12.0 Å². The van der Waals surface area contributed by atoms with Gasteiger partial charge in [0.1, 0.15) is 11.8 Å². The van der Waals surface area contributed by atoms with Crippen LogP contribution in [0.2, 0.25) is 0 Å². The molecular weight excluding hydrogens is 306 g/mol. The highest BCUT2D eigenvalue weighted by molar-refractivity contribution is 5.89. The van der Waals surface area contributed by atoms with Crippen LogP contribution < -0.4 is 5.32 Å². The maximum absolute atomic E-state index is 12.3. The third kappa shape index (κ3) is 5.08. The lowest BCUT2D eigenvalue weighted by Gasteiger charge is -2.21. The standard InChI is InChI=1S/C18H25N3O3/c1-5-24-17(23)16(9-14(22)10-18(2,3)4)20-13-6-7-15-12(8-13)11-19-21-15/h6-8,11,16,20H,5,9-10H2,1-4H3,(H,19,21). The SMILES string of the molecule is CCOC(=O)C(CC(=O)CC(C)(C)C)Nc1ccc2[nH]ncc2c1. The number of carbonyl (C=O) groups excluding carboxylic acids is 2. The molecule has 1 heterocycles. The summed E-state index contributed by atoms with van der Waals surface area (Å²) >= 11 is 0. The van der Waals surface area contributed by atoms with Crippen LogP contribution in [0.25, 0.3) is 10.9 Å². The summed E-state index contributed by atoms with van der Waals surface area (Å²) < 4.78 is 5.11. The average molecular weight is 331 g/mol. The van der Waals surface area contributed by atoms with E-state index in [0.717, 1.165) is 16.6 Å². The number of rotatable bonds is 7. The molecule has 1 aromatic carbocycles. The molecule has 0 spiro atoms. The quantitative estimate of drug-likeness (QED) is 0.761. The molecule has 2 N–H and O–H groups in total. The van der Waals surface area contributed by atoms with Gasteiger partial charge in [0.05, 0.1) is 18.3 Å². The maximum atomic E-state index is 12.3. The maximum Gasteiger partial charge on any atom is 0.329 e. The molecule has 0 aliphatic carbocycles. The lowest BCUT2D eigenvalue weighted by atomic mass is 9.88. The highest BCUT2D eigenvalue weighted by atomic mass is 16.5. The van der Waals surface area contributed by atoms with E-state index in [4.69, 9.17) is 4.74 Å². The Morgan fingerprint density at radius 2 is 2.08 bits per heavy atom. The van der Waals surface area contributed by atoms with E-state index in [-0.39, 0.29) is 24.2 Å². The van der Waals surface area contributed by atoms with Crippen molar-refractivity contribution in [3.63, 3.8) is 0 Å². The molecule has 0 fully saturated rings. The van der Waals surface area contributed by atoms with Gasteiger partial charge < -0.3 is 10.1 Å². The van der Waals surface area contributed by atoms with Crippen molar-refractivity contribution in [1.29, 1.82) is 0 Å². The number of nitrogens with one attached hydrogen (secondary N) is 2. The number of H-pyrrole nitrogens is 1. The number of hydrogen-bond acceptors (Lipinski definition) is 5. The van der Waals surface area contributed by atoms with Crippen LogP contribution in [0.1, 0.15) is 40.5 Å². The number of fused-ring (bicyclic) bond motifs is 1. The molecule has 2 rings (SSSR count). The van der Waals surface area contributed by atoms with E-state index in [9.17, 15) is 9.59 Å². The van der Waals surface area contributed by atoms with Gasteiger partial charge in [0.25, 0.3) is 0 Å². The average Bonchev–Trinajstić information content (AvgIpc) is 2.92. The Labute approximate surface area is 142 Å². The molecule has 0 saturated heterocycles. The molecule has 0 radical (unpaired) electrons. The predicted octanol–water partition coefficient (Wildman–Crippen LogP) is 3.30. The summed E-state index contributed by atoms with van der Waals surface area (Å²) in [5.41, 5.74) is 1.56. The van der Waals surface area contributed by atoms with Crippen molar-refractivity contribution in [1.82, 2.24) is 10.2 Å². The van der Waals surface area contributed by atoms with Crippen molar-refractivity contribution < 1.29 is 14.3 Å². The fourth-order valence-electron chi connectivity index (χ4n) is 2.56. The van der Waals surface area contributed by atoms with Gasteiger partial charge in [-0.3, -0.25) is 9.89 Å². The van der Waals surface area contributed by atoms with Crippen molar-refractivity contribution in [3.05, 3.63) is 24.4 Å². The van der Waals surface area contributed by atoms with Crippen LogP contribution in [0.5, 0.6) is 0 Å². The minimum atomic E-state index is -0.691. The number of nitrogens with zero attached hydrogens (tertiary/aromatic N) is 1. The highest BCUT2D eigenvalue weighted by Gasteiger charge is 2.25. The van der Waals surface area contributed by atoms with Crippen molar-refractivity contribution in [2.75, 3.05) is 11.9 Å². The molecule has 6 nitrogen and oxygen atoms in total. The lowest BCUT2D eigenvalue weighted by Crippen LogP contribution is -2.34. The molecule has 2 aromatic rings. The number of Topliss-reactive ketones (excluding diaryl/α,β-unsaturated/α-hetero) is 1. The molecule has 0 amide bonds. The third-order valence-electron chi connectivity index (χ3n) is 3.51. The minimum absolute atomic E-state index is 0.0393. The number of benzene rings is 1. The molecule has 130 valence electrons. The first-order valence-electron chi connectivity index (χ1n) is 8.16. The predicted molar refractivity (Wildman–Crippen MR) is 93.8 cm³/mol.